The van der Waals surface area contributed by atoms with Crippen molar-refractivity contribution in [1.29, 1.82) is 0 Å². The molecule has 5 nitrogen and oxygen atoms in total. The fourth-order valence-electron chi connectivity index (χ4n) is 2.18. The normalized spacial score (nSPS) is 14.3. The topological polar surface area (TPSA) is 64.3 Å². The molecule has 1 saturated carbocycles. The minimum atomic E-state index is 0.576. The molecule has 0 atom stereocenters. The molecule has 0 aromatic carbocycles. The van der Waals surface area contributed by atoms with E-state index in [-0.39, 0.29) is 0 Å². The molecular weight excluding hydrogens is 284 g/mol. The van der Waals surface area contributed by atoms with Crippen molar-refractivity contribution < 1.29 is 4.74 Å². The largest absolute Gasteiger partial charge is 0.382 e. The highest BCUT2D eigenvalue weighted by atomic mass is 32.1. The second kappa shape index (κ2) is 6.41. The fraction of sp³-hybridized carbons (Fsp3) is 0.467. The summed E-state index contributed by atoms with van der Waals surface area (Å²) in [7, 11) is 2.05. The summed E-state index contributed by atoms with van der Waals surface area (Å²) in [5, 5.41) is 1.08. The van der Waals surface area contributed by atoms with Crippen molar-refractivity contribution in [3.05, 3.63) is 24.5 Å². The van der Waals surface area contributed by atoms with Gasteiger partial charge in [-0.3, -0.25) is 4.98 Å². The number of hydrogen-bond acceptors (Lipinski definition) is 6. The molecule has 0 aliphatic heterocycles. The Morgan fingerprint density at radius 3 is 2.86 bits per heavy atom. The highest BCUT2D eigenvalue weighted by Gasteiger charge is 2.21. The highest BCUT2D eigenvalue weighted by Crippen LogP contribution is 2.38. The van der Waals surface area contributed by atoms with Crippen LogP contribution in [0.3, 0.4) is 0 Å². The summed E-state index contributed by atoms with van der Waals surface area (Å²) in [4.78, 5) is 6.21. The van der Waals surface area contributed by atoms with E-state index < -0.39 is 0 Å². The average molecular weight is 304 g/mol. The first-order valence-corrected chi connectivity index (χ1v) is 7.97. The Kier molecular flexibility index (Phi) is 4.36. The van der Waals surface area contributed by atoms with Gasteiger partial charge in [-0.15, -0.1) is 0 Å². The highest BCUT2D eigenvalue weighted by molar-refractivity contribution is 7.11. The van der Waals surface area contributed by atoms with Gasteiger partial charge in [0.2, 0.25) is 0 Å². The van der Waals surface area contributed by atoms with Gasteiger partial charge >= 0.3 is 0 Å². The van der Waals surface area contributed by atoms with Crippen LogP contribution >= 0.6 is 11.5 Å². The number of nitrogen functional groups attached to an aromatic ring is 1. The summed E-state index contributed by atoms with van der Waals surface area (Å²) in [6.45, 7) is 2.48. The van der Waals surface area contributed by atoms with Crippen molar-refractivity contribution >= 4 is 22.4 Å². The monoisotopic (exact) mass is 304 g/mol. The lowest BCUT2D eigenvalue weighted by Crippen LogP contribution is -2.22. The molecule has 6 heteroatoms. The van der Waals surface area contributed by atoms with Gasteiger partial charge in [-0.25, -0.2) is 0 Å². The maximum atomic E-state index is 6.03. The molecule has 1 fully saturated rings. The molecule has 2 aromatic heterocycles. The zero-order chi connectivity index (χ0) is 14.7. The average Bonchev–Trinajstić information content (AvgIpc) is 3.25. The molecule has 2 aromatic rings. The first kappa shape index (κ1) is 14.3. The van der Waals surface area contributed by atoms with Gasteiger partial charge in [0.15, 0.2) is 0 Å². The molecule has 3 rings (SSSR count). The van der Waals surface area contributed by atoms with E-state index >= 15 is 0 Å². The summed E-state index contributed by atoms with van der Waals surface area (Å²) < 4.78 is 10.0. The Bertz CT molecular complexity index is 583. The van der Waals surface area contributed by atoms with Gasteiger partial charge < -0.3 is 15.4 Å². The molecule has 0 amide bonds. The van der Waals surface area contributed by atoms with Gasteiger partial charge in [0.05, 0.1) is 12.2 Å². The molecule has 2 N–H and O–H groups in total. The van der Waals surface area contributed by atoms with Gasteiger partial charge in [-0.05, 0) is 48.0 Å². The molecule has 0 spiro atoms. The summed E-state index contributed by atoms with van der Waals surface area (Å²) in [6, 6.07) is 3.92. The number of ether oxygens (including phenoxy) is 1. The van der Waals surface area contributed by atoms with E-state index in [4.69, 9.17) is 10.5 Å². The maximum Gasteiger partial charge on any atom is 0.147 e. The van der Waals surface area contributed by atoms with Crippen LogP contribution in [0.15, 0.2) is 24.5 Å². The van der Waals surface area contributed by atoms with Crippen LogP contribution in [0, 0.1) is 5.92 Å². The number of hydrogen-bond donors (Lipinski definition) is 1. The van der Waals surface area contributed by atoms with E-state index in [1.807, 2.05) is 12.1 Å². The molecule has 0 unspecified atom stereocenters. The SMILES string of the molecule is CN(CCOCC1CC1)c1snc(N)c1-c1ccncc1. The first-order valence-electron chi connectivity index (χ1n) is 7.20. The zero-order valence-electron chi connectivity index (χ0n) is 12.2. The standard InChI is InChI=1S/C15H20N4OS/c1-19(8-9-20-10-11-2-3-11)15-13(14(16)18-21-15)12-4-6-17-7-5-12/h4-7,11H,2-3,8-10H2,1H3,(H2,16,18). The van der Waals surface area contributed by atoms with Crippen LogP contribution in [0.25, 0.3) is 11.1 Å². The molecule has 0 bridgehead atoms. The summed E-state index contributed by atoms with van der Waals surface area (Å²) in [5.74, 6) is 1.38. The van der Waals surface area contributed by atoms with E-state index in [0.29, 0.717) is 5.82 Å². The van der Waals surface area contributed by atoms with Crippen molar-refractivity contribution in [2.75, 3.05) is 37.4 Å². The number of pyridine rings is 1. The van der Waals surface area contributed by atoms with Gasteiger partial charge in [0.25, 0.3) is 0 Å². The number of nitrogens with zero attached hydrogens (tertiary/aromatic N) is 3. The first-order chi connectivity index (χ1) is 10.3. The van der Waals surface area contributed by atoms with Crippen molar-refractivity contribution in [3.63, 3.8) is 0 Å². The predicted molar refractivity (Wildman–Crippen MR) is 86.6 cm³/mol. The number of anilines is 2. The molecule has 1 aliphatic rings. The Morgan fingerprint density at radius 1 is 1.38 bits per heavy atom. The fourth-order valence-corrected chi connectivity index (χ4v) is 3.00. The second-order valence-corrected chi connectivity index (χ2v) is 6.18. The van der Waals surface area contributed by atoms with Crippen LogP contribution in [0.2, 0.25) is 0 Å². The van der Waals surface area contributed by atoms with E-state index in [1.165, 1.54) is 24.4 Å². The molecule has 1 aliphatic carbocycles. The van der Waals surface area contributed by atoms with E-state index in [0.717, 1.165) is 41.8 Å². The van der Waals surface area contributed by atoms with Gasteiger partial charge in [-0.2, -0.15) is 4.37 Å². The third kappa shape index (κ3) is 3.51. The van der Waals surface area contributed by atoms with Crippen LogP contribution in [-0.4, -0.2) is 36.2 Å². The van der Waals surface area contributed by atoms with Crippen LogP contribution in [0.5, 0.6) is 0 Å². The Balaban J connectivity index is 1.66. The third-order valence-corrected chi connectivity index (χ3v) is 4.61. The second-order valence-electron chi connectivity index (χ2n) is 5.42. The third-order valence-electron chi connectivity index (χ3n) is 3.64. The zero-order valence-corrected chi connectivity index (χ0v) is 13.0. The lowest BCUT2D eigenvalue weighted by molar-refractivity contribution is 0.131. The van der Waals surface area contributed by atoms with Crippen molar-refractivity contribution in [3.8, 4) is 11.1 Å². The Hall–Kier alpha value is -1.66. The van der Waals surface area contributed by atoms with Gasteiger partial charge in [0, 0.05) is 32.6 Å². The molecule has 0 saturated heterocycles. The number of rotatable bonds is 7. The number of nitrogens with two attached hydrogens (primary N) is 1. The lowest BCUT2D eigenvalue weighted by atomic mass is 10.1. The number of likely N-dealkylation sites (N-methyl/N-ethyl adjacent to an activating group) is 1. The summed E-state index contributed by atoms with van der Waals surface area (Å²) in [5.41, 5.74) is 8.08. The smallest absolute Gasteiger partial charge is 0.147 e. The predicted octanol–water partition coefficient (Wildman–Crippen LogP) is 2.65. The molecule has 0 radical (unpaired) electrons. The molecule has 2 heterocycles. The Morgan fingerprint density at radius 2 is 2.14 bits per heavy atom. The maximum absolute atomic E-state index is 6.03. The van der Waals surface area contributed by atoms with Crippen LogP contribution in [-0.2, 0) is 4.74 Å². The summed E-state index contributed by atoms with van der Waals surface area (Å²) in [6.07, 6.45) is 6.20. The van der Waals surface area contributed by atoms with E-state index in [1.54, 1.807) is 12.4 Å². The van der Waals surface area contributed by atoms with E-state index in [2.05, 4.69) is 21.3 Å². The summed E-state index contributed by atoms with van der Waals surface area (Å²) >= 11 is 1.43. The van der Waals surface area contributed by atoms with Crippen molar-refractivity contribution in [1.82, 2.24) is 9.36 Å². The van der Waals surface area contributed by atoms with Crippen LogP contribution < -0.4 is 10.6 Å². The molecule has 21 heavy (non-hydrogen) atoms. The van der Waals surface area contributed by atoms with Crippen molar-refractivity contribution in [2.24, 2.45) is 5.92 Å². The van der Waals surface area contributed by atoms with Gasteiger partial charge in [-0.1, -0.05) is 0 Å². The minimum absolute atomic E-state index is 0.576. The minimum Gasteiger partial charge on any atom is -0.382 e. The molecule has 112 valence electrons. The quantitative estimate of drug-likeness (QED) is 0.797. The Labute approximate surface area is 128 Å². The van der Waals surface area contributed by atoms with E-state index in [9.17, 15) is 0 Å². The molecular formula is C15H20N4OS. The number of aromatic nitrogens is 2. The van der Waals surface area contributed by atoms with Gasteiger partial charge in [0.1, 0.15) is 10.8 Å². The van der Waals surface area contributed by atoms with Crippen LogP contribution in [0.1, 0.15) is 12.8 Å². The van der Waals surface area contributed by atoms with Crippen LogP contribution in [0.4, 0.5) is 10.8 Å². The van der Waals surface area contributed by atoms with Crippen molar-refractivity contribution in [2.45, 2.75) is 12.8 Å². The lowest BCUT2D eigenvalue weighted by Gasteiger charge is -2.18.